The molecule has 2 atom stereocenters. The molecule has 1 aliphatic heterocycles. The van der Waals surface area contributed by atoms with Crippen LogP contribution in [0.2, 0.25) is 0 Å². The number of hydrogen-bond acceptors (Lipinski definition) is 1. The fraction of sp³-hybridized carbons (Fsp3) is 0.167. The van der Waals surface area contributed by atoms with Gasteiger partial charge in [0.05, 0.1) is 11.1 Å². The molecule has 1 saturated heterocycles. The van der Waals surface area contributed by atoms with Crippen LogP contribution in [-0.4, -0.2) is 16.3 Å². The van der Waals surface area contributed by atoms with Crippen molar-refractivity contribution in [2.75, 3.05) is 0 Å². The molecule has 0 bridgehead atoms. The monoisotopic (exact) mass is 351 g/mol. The van der Waals surface area contributed by atoms with Gasteiger partial charge >= 0.3 is 0 Å². The van der Waals surface area contributed by atoms with Crippen LogP contribution in [0.25, 0.3) is 11.1 Å². The minimum Gasteiger partial charge on any atom is -0.269 e. The smallest absolute Gasteiger partial charge is 0.269 e. The van der Waals surface area contributed by atoms with Crippen LogP contribution in [0.15, 0.2) is 72.8 Å². The summed E-state index contributed by atoms with van der Waals surface area (Å²) < 4.78 is 2.15. The zero-order chi connectivity index (χ0) is 18.0. The third-order valence-corrected chi connectivity index (χ3v) is 6.22. The first-order chi connectivity index (χ1) is 13.3. The number of amides is 1. The van der Waals surface area contributed by atoms with Crippen molar-refractivity contribution >= 4 is 11.6 Å². The van der Waals surface area contributed by atoms with Crippen molar-refractivity contribution in [2.45, 2.75) is 18.9 Å². The van der Waals surface area contributed by atoms with Crippen LogP contribution in [0.4, 0.5) is 0 Å². The third-order valence-electron chi connectivity index (χ3n) is 6.22. The van der Waals surface area contributed by atoms with Crippen molar-refractivity contribution in [2.24, 2.45) is 5.92 Å². The van der Waals surface area contributed by atoms with Crippen LogP contribution in [0, 0.1) is 5.92 Å². The summed E-state index contributed by atoms with van der Waals surface area (Å²) in [4.78, 5) is 12.8. The van der Waals surface area contributed by atoms with Gasteiger partial charge in [0.25, 0.3) is 5.91 Å². The van der Waals surface area contributed by atoms with E-state index in [0.717, 1.165) is 18.6 Å². The first-order valence-electron chi connectivity index (χ1n) is 9.56. The van der Waals surface area contributed by atoms with Crippen molar-refractivity contribution in [1.29, 1.82) is 0 Å². The van der Waals surface area contributed by atoms with Crippen molar-refractivity contribution in [3.8, 4) is 11.1 Å². The number of fused-ring (bicyclic) bond motifs is 6. The molecule has 3 nitrogen and oxygen atoms in total. The molecule has 130 valence electrons. The number of carbonyl (C=O) groups is 1. The first-order valence-corrected chi connectivity index (χ1v) is 9.56. The van der Waals surface area contributed by atoms with Gasteiger partial charge in [-0.3, -0.25) is 4.79 Å². The van der Waals surface area contributed by atoms with E-state index in [4.69, 9.17) is 0 Å². The maximum absolute atomic E-state index is 12.8. The van der Waals surface area contributed by atoms with E-state index in [2.05, 4.69) is 82.9 Å². The maximum atomic E-state index is 12.8. The Hall–Kier alpha value is -3.20. The van der Waals surface area contributed by atoms with Gasteiger partial charge in [-0.05, 0) is 41.7 Å². The van der Waals surface area contributed by atoms with Gasteiger partial charge in [-0.15, -0.1) is 5.43 Å². The quantitative estimate of drug-likeness (QED) is 0.479. The van der Waals surface area contributed by atoms with E-state index < -0.39 is 0 Å². The SMILES string of the molecule is O=C1N[N+](=C2c3ccccc3-c3ccccc32)[C@@H]2c3ccccc3CC[C@H]12. The highest BCUT2D eigenvalue weighted by molar-refractivity contribution is 6.22. The van der Waals surface area contributed by atoms with E-state index in [1.54, 1.807) is 0 Å². The van der Waals surface area contributed by atoms with Gasteiger partial charge in [-0.25, -0.2) is 0 Å². The largest absolute Gasteiger partial charge is 0.284 e. The predicted octanol–water partition coefficient (Wildman–Crippen LogP) is 3.87. The molecule has 2 aliphatic carbocycles. The Balaban J connectivity index is 1.67. The molecule has 1 N–H and O–H groups in total. The Morgan fingerprint density at radius 2 is 1.37 bits per heavy atom. The van der Waals surface area contributed by atoms with Gasteiger partial charge in [-0.1, -0.05) is 65.3 Å². The Morgan fingerprint density at radius 1 is 0.778 bits per heavy atom. The summed E-state index contributed by atoms with van der Waals surface area (Å²) in [5, 5.41) is 0. The number of aryl methyl sites for hydroxylation is 1. The number of nitrogens with one attached hydrogen (secondary N) is 1. The molecular formula is C24H19N2O+. The van der Waals surface area contributed by atoms with Gasteiger partial charge in [0.15, 0.2) is 0 Å². The molecule has 6 rings (SSSR count). The molecule has 0 aromatic heterocycles. The minimum atomic E-state index is 0.00678. The highest BCUT2D eigenvalue weighted by Crippen LogP contribution is 2.43. The van der Waals surface area contributed by atoms with Gasteiger partial charge < -0.3 is 0 Å². The second-order valence-corrected chi connectivity index (χ2v) is 7.57. The van der Waals surface area contributed by atoms with E-state index in [9.17, 15) is 4.79 Å². The zero-order valence-corrected chi connectivity index (χ0v) is 14.9. The van der Waals surface area contributed by atoms with Crippen molar-refractivity contribution in [3.05, 3.63) is 95.1 Å². The lowest BCUT2D eigenvalue weighted by Gasteiger charge is -2.22. The lowest BCUT2D eigenvalue weighted by Crippen LogP contribution is -2.32. The summed E-state index contributed by atoms with van der Waals surface area (Å²) in [6.45, 7) is 0. The molecule has 3 aromatic carbocycles. The first kappa shape index (κ1) is 14.9. The summed E-state index contributed by atoms with van der Waals surface area (Å²) in [6, 6.07) is 25.6. The van der Waals surface area contributed by atoms with Crippen LogP contribution < -0.4 is 5.43 Å². The number of nitrogens with zero attached hydrogens (tertiary/aromatic N) is 1. The minimum absolute atomic E-state index is 0.00678. The lowest BCUT2D eigenvalue weighted by atomic mass is 9.80. The maximum Gasteiger partial charge on any atom is 0.284 e. The van der Waals surface area contributed by atoms with E-state index in [0.29, 0.717) is 0 Å². The van der Waals surface area contributed by atoms with Crippen molar-refractivity contribution in [1.82, 2.24) is 5.43 Å². The molecule has 27 heavy (non-hydrogen) atoms. The molecule has 0 spiro atoms. The summed E-state index contributed by atoms with van der Waals surface area (Å²) in [5.74, 6) is 0.149. The number of hydrazine groups is 1. The fourth-order valence-electron chi connectivity index (χ4n) is 5.05. The zero-order valence-electron chi connectivity index (χ0n) is 14.9. The van der Waals surface area contributed by atoms with Crippen molar-refractivity contribution < 1.29 is 9.48 Å². The number of hydrogen-bond donors (Lipinski definition) is 1. The van der Waals surface area contributed by atoms with E-state index in [1.807, 2.05) is 0 Å². The molecule has 1 heterocycles. The number of hydrazone groups is 1. The fourth-order valence-corrected chi connectivity index (χ4v) is 5.05. The van der Waals surface area contributed by atoms with Crippen LogP contribution in [0.3, 0.4) is 0 Å². The van der Waals surface area contributed by atoms with Gasteiger partial charge in [0.1, 0.15) is 5.92 Å². The average molecular weight is 351 g/mol. The predicted molar refractivity (Wildman–Crippen MR) is 104 cm³/mol. The summed E-state index contributed by atoms with van der Waals surface area (Å²) in [7, 11) is 0. The van der Waals surface area contributed by atoms with Gasteiger partial charge in [-0.2, -0.15) is 0 Å². The Kier molecular flexibility index (Phi) is 2.98. The van der Waals surface area contributed by atoms with Crippen LogP contribution in [0.1, 0.15) is 34.7 Å². The number of rotatable bonds is 0. The highest BCUT2D eigenvalue weighted by Gasteiger charge is 2.52. The molecule has 1 fully saturated rings. The van der Waals surface area contributed by atoms with Crippen LogP contribution in [0.5, 0.6) is 0 Å². The van der Waals surface area contributed by atoms with E-state index >= 15 is 0 Å². The van der Waals surface area contributed by atoms with E-state index in [-0.39, 0.29) is 17.9 Å². The normalized spacial score (nSPS) is 22.0. The van der Waals surface area contributed by atoms with Crippen LogP contribution in [-0.2, 0) is 11.2 Å². The van der Waals surface area contributed by atoms with Crippen molar-refractivity contribution in [3.63, 3.8) is 0 Å². The Bertz CT molecular complexity index is 1100. The molecule has 0 unspecified atom stereocenters. The Morgan fingerprint density at radius 3 is 2.07 bits per heavy atom. The summed E-state index contributed by atoms with van der Waals surface area (Å²) >= 11 is 0. The third kappa shape index (κ3) is 1.97. The summed E-state index contributed by atoms with van der Waals surface area (Å²) in [6.07, 6.45) is 1.88. The standard InChI is InChI=1S/C24H18N2O/c27-24-21-14-13-15-7-1-2-8-16(15)22(21)26(25-24)23-19-11-5-3-9-17(19)18-10-4-6-12-20(18)23/h1-12,21-22H,13-14H2/p+1/t21-,22+/m0/s1. The molecule has 3 heteroatoms. The number of carbonyl (C=O) groups excluding carboxylic acids is 1. The average Bonchev–Trinajstić information content (AvgIpc) is 3.23. The lowest BCUT2D eigenvalue weighted by molar-refractivity contribution is -0.603. The molecule has 3 aromatic rings. The van der Waals surface area contributed by atoms with Gasteiger partial charge in [0, 0.05) is 5.56 Å². The number of benzene rings is 3. The topological polar surface area (TPSA) is 32.1 Å². The van der Waals surface area contributed by atoms with E-state index in [1.165, 1.54) is 33.4 Å². The Labute approximate surface area is 158 Å². The second-order valence-electron chi connectivity index (χ2n) is 7.57. The molecule has 0 radical (unpaired) electrons. The molecule has 0 saturated carbocycles. The second kappa shape index (κ2) is 5.40. The van der Waals surface area contributed by atoms with Gasteiger partial charge in [0.2, 0.25) is 11.8 Å². The summed E-state index contributed by atoms with van der Waals surface area (Å²) in [5.41, 5.74) is 11.9. The molecule has 1 amide bonds. The molecular weight excluding hydrogens is 332 g/mol. The highest BCUT2D eigenvalue weighted by atomic mass is 16.2. The van der Waals surface area contributed by atoms with Crippen LogP contribution >= 0.6 is 0 Å². The molecule has 3 aliphatic rings.